The molecule has 0 bridgehead atoms. The molecule has 1 heterocycles. The third-order valence-electron chi connectivity index (χ3n) is 2.98. The number of fused-ring (bicyclic) bond motifs is 1. The number of nitrogens with zero attached hydrogens (tertiary/aromatic N) is 2. The second kappa shape index (κ2) is 4.61. The lowest BCUT2D eigenvalue weighted by molar-refractivity contribution is -0.174. The van der Waals surface area contributed by atoms with Crippen LogP contribution in [-0.2, 0) is 0 Å². The largest absolute Gasteiger partial charge is 0.412 e. The number of hydrogen-bond acceptors (Lipinski definition) is 2. The van der Waals surface area contributed by atoms with E-state index < -0.39 is 18.3 Å². The van der Waals surface area contributed by atoms with Crippen molar-refractivity contribution in [1.29, 1.82) is 0 Å². The molecular weight excluding hydrogens is 243 g/mol. The normalized spacial score (nSPS) is 15.8. The molecule has 1 aromatic carbocycles. The molecule has 1 aromatic heterocycles. The fourth-order valence-electron chi connectivity index (χ4n) is 2.00. The van der Waals surface area contributed by atoms with Crippen LogP contribution in [0.5, 0.6) is 0 Å². The summed E-state index contributed by atoms with van der Waals surface area (Å²) < 4.78 is 40.3. The molecule has 0 aliphatic heterocycles. The van der Waals surface area contributed by atoms with Crippen molar-refractivity contribution in [1.82, 2.24) is 9.78 Å². The van der Waals surface area contributed by atoms with Crippen molar-refractivity contribution in [2.75, 3.05) is 0 Å². The van der Waals surface area contributed by atoms with Gasteiger partial charge in [-0.2, -0.15) is 18.3 Å². The Balaban J connectivity index is 2.55. The second-order valence-electron chi connectivity index (χ2n) is 4.21. The van der Waals surface area contributed by atoms with Gasteiger partial charge < -0.3 is 5.73 Å². The van der Waals surface area contributed by atoms with Crippen LogP contribution in [0.1, 0.15) is 19.4 Å². The Morgan fingerprint density at radius 3 is 2.61 bits per heavy atom. The third-order valence-corrected chi connectivity index (χ3v) is 2.98. The minimum absolute atomic E-state index is 0.234. The number of nitrogens with two attached hydrogens (primary N) is 1. The van der Waals surface area contributed by atoms with Gasteiger partial charge in [0, 0.05) is 11.4 Å². The van der Waals surface area contributed by atoms with Crippen LogP contribution in [0.15, 0.2) is 30.5 Å². The predicted octanol–water partition coefficient (Wildman–Crippen LogP) is 2.88. The number of hydrogen-bond donors (Lipinski definition) is 1. The van der Waals surface area contributed by atoms with Crippen LogP contribution in [0.25, 0.3) is 10.9 Å². The van der Waals surface area contributed by atoms with E-state index in [1.807, 2.05) is 0 Å². The summed E-state index contributed by atoms with van der Waals surface area (Å²) in [6, 6.07) is 3.99. The van der Waals surface area contributed by atoms with Crippen LogP contribution in [0.3, 0.4) is 0 Å². The molecule has 2 rings (SSSR count). The highest BCUT2D eigenvalue weighted by Crippen LogP contribution is 2.35. The first-order valence-corrected chi connectivity index (χ1v) is 5.69. The molecule has 0 amide bonds. The Bertz CT molecular complexity index is 533. The van der Waals surface area contributed by atoms with Crippen molar-refractivity contribution in [3.05, 3.63) is 30.5 Å². The Morgan fingerprint density at radius 2 is 2.00 bits per heavy atom. The zero-order chi connectivity index (χ0) is 13.3. The number of aromatic nitrogens is 2. The molecule has 0 spiro atoms. The molecular formula is C12H14F3N3. The van der Waals surface area contributed by atoms with Crippen LogP contribution in [-0.4, -0.2) is 22.0 Å². The van der Waals surface area contributed by atoms with Crippen molar-refractivity contribution in [2.24, 2.45) is 5.73 Å². The van der Waals surface area contributed by atoms with Gasteiger partial charge in [-0.25, -0.2) is 0 Å². The molecule has 98 valence electrons. The predicted molar refractivity (Wildman–Crippen MR) is 63.1 cm³/mol. The molecule has 0 radical (unpaired) electrons. The fraction of sp³-hybridized carbons (Fsp3) is 0.417. The zero-order valence-electron chi connectivity index (χ0n) is 9.85. The van der Waals surface area contributed by atoms with Crippen LogP contribution in [0, 0.1) is 0 Å². The van der Waals surface area contributed by atoms with Gasteiger partial charge in [0.05, 0.1) is 11.7 Å². The van der Waals surface area contributed by atoms with Crippen LogP contribution >= 0.6 is 0 Å². The summed E-state index contributed by atoms with van der Waals surface area (Å²) in [6.45, 7) is 1.63. The van der Waals surface area contributed by atoms with E-state index in [4.69, 9.17) is 5.73 Å². The van der Waals surface area contributed by atoms with Gasteiger partial charge in [0.1, 0.15) is 0 Å². The quantitative estimate of drug-likeness (QED) is 0.918. The standard InChI is InChI=1S/C12H14F3N3/c1-2-9(16)11(12(13,14)15)18-10-6-4-3-5-8(10)7-17-18/h3-7,9,11H,2,16H2,1H3. The molecule has 0 aliphatic rings. The molecule has 18 heavy (non-hydrogen) atoms. The van der Waals surface area contributed by atoms with Crippen molar-refractivity contribution in [3.63, 3.8) is 0 Å². The van der Waals surface area contributed by atoms with Gasteiger partial charge in [0.2, 0.25) is 0 Å². The van der Waals surface area contributed by atoms with Gasteiger partial charge in [-0.05, 0) is 12.5 Å². The first kappa shape index (κ1) is 12.9. The van der Waals surface area contributed by atoms with E-state index in [0.29, 0.717) is 10.9 Å². The van der Waals surface area contributed by atoms with Crippen LogP contribution in [0.2, 0.25) is 0 Å². The Labute approximate surface area is 102 Å². The number of alkyl halides is 3. The monoisotopic (exact) mass is 257 g/mol. The molecule has 2 unspecified atom stereocenters. The average molecular weight is 257 g/mol. The molecule has 0 saturated carbocycles. The number of para-hydroxylation sites is 1. The lowest BCUT2D eigenvalue weighted by atomic mass is 10.1. The molecule has 0 aliphatic carbocycles. The molecule has 2 atom stereocenters. The molecule has 0 fully saturated rings. The summed E-state index contributed by atoms with van der Waals surface area (Å²) in [5, 5.41) is 4.52. The van der Waals surface area contributed by atoms with E-state index in [9.17, 15) is 13.2 Å². The highest BCUT2D eigenvalue weighted by Gasteiger charge is 2.45. The summed E-state index contributed by atoms with van der Waals surface area (Å²) in [5.74, 6) is 0. The zero-order valence-corrected chi connectivity index (χ0v) is 9.85. The minimum atomic E-state index is -4.41. The van der Waals surface area contributed by atoms with E-state index in [0.717, 1.165) is 4.68 Å². The van der Waals surface area contributed by atoms with E-state index in [1.54, 1.807) is 31.2 Å². The average Bonchev–Trinajstić information content (AvgIpc) is 2.71. The fourth-order valence-corrected chi connectivity index (χ4v) is 2.00. The Hall–Kier alpha value is -1.56. The molecule has 2 N–H and O–H groups in total. The van der Waals surface area contributed by atoms with Gasteiger partial charge >= 0.3 is 6.18 Å². The van der Waals surface area contributed by atoms with E-state index >= 15 is 0 Å². The lowest BCUT2D eigenvalue weighted by Crippen LogP contribution is -2.41. The third kappa shape index (κ3) is 2.20. The molecule has 2 aromatic rings. The topological polar surface area (TPSA) is 43.8 Å². The van der Waals surface area contributed by atoms with Gasteiger partial charge in [0.25, 0.3) is 0 Å². The summed E-state index contributed by atoms with van der Waals surface area (Å²) >= 11 is 0. The Morgan fingerprint density at radius 1 is 1.33 bits per heavy atom. The molecule has 3 nitrogen and oxygen atoms in total. The second-order valence-corrected chi connectivity index (χ2v) is 4.21. The summed E-state index contributed by atoms with van der Waals surface area (Å²) in [4.78, 5) is 0. The van der Waals surface area contributed by atoms with Crippen molar-refractivity contribution in [3.8, 4) is 0 Å². The number of benzene rings is 1. The van der Waals surface area contributed by atoms with E-state index in [-0.39, 0.29) is 6.42 Å². The highest BCUT2D eigenvalue weighted by molar-refractivity contribution is 5.78. The van der Waals surface area contributed by atoms with Gasteiger partial charge in [-0.3, -0.25) is 4.68 Å². The molecule has 0 saturated heterocycles. The van der Waals surface area contributed by atoms with Crippen LogP contribution in [0.4, 0.5) is 13.2 Å². The maximum Gasteiger partial charge on any atom is 0.412 e. The lowest BCUT2D eigenvalue weighted by Gasteiger charge is -2.26. The maximum absolute atomic E-state index is 13.1. The smallest absolute Gasteiger partial charge is 0.326 e. The van der Waals surface area contributed by atoms with Crippen molar-refractivity contribution >= 4 is 10.9 Å². The first-order chi connectivity index (χ1) is 8.45. The molecule has 6 heteroatoms. The van der Waals surface area contributed by atoms with Crippen molar-refractivity contribution in [2.45, 2.75) is 31.6 Å². The first-order valence-electron chi connectivity index (χ1n) is 5.69. The van der Waals surface area contributed by atoms with E-state index in [1.165, 1.54) is 6.20 Å². The van der Waals surface area contributed by atoms with Crippen molar-refractivity contribution < 1.29 is 13.2 Å². The van der Waals surface area contributed by atoms with Gasteiger partial charge in [0.15, 0.2) is 6.04 Å². The summed E-state index contributed by atoms with van der Waals surface area (Å²) in [7, 11) is 0. The van der Waals surface area contributed by atoms with Gasteiger partial charge in [-0.15, -0.1) is 0 Å². The number of halogens is 3. The SMILES string of the molecule is CCC(N)C(n1ncc2ccccc21)C(F)(F)F. The summed E-state index contributed by atoms with van der Waals surface area (Å²) in [6.07, 6.45) is -2.75. The van der Waals surface area contributed by atoms with E-state index in [2.05, 4.69) is 5.10 Å². The minimum Gasteiger partial charge on any atom is -0.326 e. The summed E-state index contributed by atoms with van der Waals surface area (Å²) in [5.41, 5.74) is 6.05. The number of rotatable bonds is 3. The Kier molecular flexibility index (Phi) is 3.30. The van der Waals surface area contributed by atoms with Crippen LogP contribution < -0.4 is 5.73 Å². The highest BCUT2D eigenvalue weighted by atomic mass is 19.4. The van der Waals surface area contributed by atoms with Gasteiger partial charge in [-0.1, -0.05) is 25.1 Å². The maximum atomic E-state index is 13.1.